The summed E-state index contributed by atoms with van der Waals surface area (Å²) in [5, 5.41) is 1.16. The van der Waals surface area contributed by atoms with E-state index in [0.29, 0.717) is 0 Å². The molecule has 19 heavy (non-hydrogen) atoms. The molecule has 0 aromatic rings. The van der Waals surface area contributed by atoms with Gasteiger partial charge in [-0.25, -0.2) is 0 Å². The molecule has 0 spiro atoms. The van der Waals surface area contributed by atoms with Crippen molar-refractivity contribution in [1.82, 2.24) is 0 Å². The van der Waals surface area contributed by atoms with Crippen LogP contribution < -0.4 is 0 Å². The zero-order valence-corrected chi connectivity index (χ0v) is 16.8. The molecule has 116 valence electrons. The van der Waals surface area contributed by atoms with E-state index in [2.05, 4.69) is 15.9 Å². The van der Waals surface area contributed by atoms with Crippen molar-refractivity contribution in [2.45, 2.75) is 83.1 Å². The molecule has 0 aliphatic rings. The molecule has 0 bridgehead atoms. The van der Waals surface area contributed by atoms with Gasteiger partial charge in [0.1, 0.15) is 0 Å². The summed E-state index contributed by atoms with van der Waals surface area (Å²) in [6.45, 7) is 0. The molecule has 0 nitrogen and oxygen atoms in total. The summed E-state index contributed by atoms with van der Waals surface area (Å²) in [4.78, 5) is 0. The van der Waals surface area contributed by atoms with Gasteiger partial charge in [-0.2, -0.15) is 0 Å². The highest BCUT2D eigenvalue weighted by molar-refractivity contribution is 9.09. The van der Waals surface area contributed by atoms with Gasteiger partial charge in [0.05, 0.1) is 0 Å². The first-order valence-corrected chi connectivity index (χ1v) is 14.1. The molecule has 0 aromatic heterocycles. The summed E-state index contributed by atoms with van der Waals surface area (Å²) < 4.78 is 0. The Bertz CT molecular complexity index is 186. The third kappa shape index (κ3) is 19.6. The van der Waals surface area contributed by atoms with Crippen LogP contribution in [0.25, 0.3) is 0 Å². The molecular formula is C14H28BrCl3Si. The molecular weight excluding hydrogens is 383 g/mol. The van der Waals surface area contributed by atoms with E-state index in [1.807, 2.05) is 0 Å². The van der Waals surface area contributed by atoms with Crippen molar-refractivity contribution in [3.63, 3.8) is 0 Å². The molecule has 0 unspecified atom stereocenters. The number of hydrogen-bond donors (Lipinski definition) is 0. The molecule has 0 fully saturated rings. The van der Waals surface area contributed by atoms with Gasteiger partial charge >= 0.3 is 6.00 Å². The van der Waals surface area contributed by atoms with Crippen LogP contribution in [0.15, 0.2) is 0 Å². The van der Waals surface area contributed by atoms with Crippen molar-refractivity contribution in [1.29, 1.82) is 0 Å². The van der Waals surface area contributed by atoms with Gasteiger partial charge in [0, 0.05) is 5.33 Å². The number of halogens is 4. The lowest BCUT2D eigenvalue weighted by Gasteiger charge is -2.06. The molecule has 0 aromatic carbocycles. The predicted octanol–water partition coefficient (Wildman–Crippen LogP) is 7.72. The fourth-order valence-corrected chi connectivity index (χ4v) is 4.44. The summed E-state index contributed by atoms with van der Waals surface area (Å²) >= 11 is 21.0. The Balaban J connectivity index is 2.99. The highest BCUT2D eigenvalue weighted by Crippen LogP contribution is 2.27. The smallest absolute Gasteiger partial charge is 0.126 e. The topological polar surface area (TPSA) is 0 Å². The molecule has 0 rings (SSSR count). The second-order valence-corrected chi connectivity index (χ2v) is 15.4. The second-order valence-electron chi connectivity index (χ2n) is 5.30. The van der Waals surface area contributed by atoms with Crippen LogP contribution in [0.3, 0.4) is 0 Å². The highest BCUT2D eigenvalue weighted by Gasteiger charge is 2.23. The van der Waals surface area contributed by atoms with E-state index in [-0.39, 0.29) is 0 Å². The number of hydrogen-bond acceptors (Lipinski definition) is 0. The quantitative estimate of drug-likeness (QED) is 0.119. The lowest BCUT2D eigenvalue weighted by Crippen LogP contribution is -2.07. The molecule has 0 atom stereocenters. The average Bonchev–Trinajstić information content (AvgIpc) is 2.34. The van der Waals surface area contributed by atoms with Crippen molar-refractivity contribution in [2.24, 2.45) is 0 Å². The summed E-state index contributed by atoms with van der Waals surface area (Å²) in [5.74, 6) is 0. The summed E-state index contributed by atoms with van der Waals surface area (Å²) in [5.41, 5.74) is 0. The Morgan fingerprint density at radius 2 is 0.842 bits per heavy atom. The van der Waals surface area contributed by atoms with Crippen LogP contribution >= 0.6 is 49.2 Å². The van der Waals surface area contributed by atoms with E-state index in [4.69, 9.17) is 33.2 Å². The first kappa shape index (κ1) is 20.6. The van der Waals surface area contributed by atoms with Crippen molar-refractivity contribution < 1.29 is 0 Å². The SMILES string of the molecule is Cl[Si](Cl)(Cl)CCCCCCCCCCCCCCBr. The maximum atomic E-state index is 5.84. The Hall–Kier alpha value is 1.57. The average molecular weight is 411 g/mol. The highest BCUT2D eigenvalue weighted by atomic mass is 79.9. The third-order valence-corrected chi connectivity index (χ3v) is 6.53. The molecule has 0 radical (unpaired) electrons. The van der Waals surface area contributed by atoms with Crippen LogP contribution in [0.2, 0.25) is 6.04 Å². The minimum atomic E-state index is -2.34. The maximum Gasteiger partial charge on any atom is 0.341 e. The van der Waals surface area contributed by atoms with E-state index in [1.54, 1.807) is 0 Å². The summed E-state index contributed by atoms with van der Waals surface area (Å²) in [7, 11) is 0. The normalized spacial score (nSPS) is 12.0. The van der Waals surface area contributed by atoms with Gasteiger partial charge in [0.2, 0.25) is 0 Å². The van der Waals surface area contributed by atoms with Crippen LogP contribution in [0.5, 0.6) is 0 Å². The molecule has 5 heteroatoms. The second kappa shape index (κ2) is 14.5. The molecule has 0 N–H and O–H groups in total. The fraction of sp³-hybridized carbons (Fsp3) is 1.00. The Morgan fingerprint density at radius 1 is 0.526 bits per heavy atom. The molecule has 0 aliphatic carbocycles. The zero-order valence-electron chi connectivity index (χ0n) is 11.9. The van der Waals surface area contributed by atoms with Gasteiger partial charge in [-0.3, -0.25) is 0 Å². The largest absolute Gasteiger partial charge is 0.341 e. The van der Waals surface area contributed by atoms with Gasteiger partial charge in [0.15, 0.2) is 0 Å². The minimum Gasteiger partial charge on any atom is -0.126 e. The van der Waals surface area contributed by atoms with Crippen LogP contribution in [-0.4, -0.2) is 11.3 Å². The Kier molecular flexibility index (Phi) is 15.7. The van der Waals surface area contributed by atoms with E-state index in [1.165, 1.54) is 70.6 Å². The standard InChI is InChI=1S/C14H28BrCl3Si/c15-13-11-9-7-5-3-1-2-4-6-8-10-12-14-19(16,17)18/h1-14H2. The summed E-state index contributed by atoms with van der Waals surface area (Å²) in [6.07, 6.45) is 16.1. The number of alkyl halides is 1. The lowest BCUT2D eigenvalue weighted by molar-refractivity contribution is 0.548. The fourth-order valence-electron chi connectivity index (χ4n) is 2.19. The van der Waals surface area contributed by atoms with E-state index >= 15 is 0 Å². The van der Waals surface area contributed by atoms with Crippen molar-refractivity contribution >= 4 is 55.2 Å². The monoisotopic (exact) mass is 408 g/mol. The minimum absolute atomic E-state index is 0.825. The van der Waals surface area contributed by atoms with Gasteiger partial charge < -0.3 is 0 Å². The van der Waals surface area contributed by atoms with Gasteiger partial charge in [0.25, 0.3) is 0 Å². The Morgan fingerprint density at radius 3 is 1.16 bits per heavy atom. The zero-order chi connectivity index (χ0) is 14.4. The summed E-state index contributed by atoms with van der Waals surface area (Å²) in [6, 6.07) is -1.52. The van der Waals surface area contributed by atoms with Crippen molar-refractivity contribution in [2.75, 3.05) is 5.33 Å². The maximum absolute atomic E-state index is 5.84. The first-order chi connectivity index (χ1) is 9.06. The van der Waals surface area contributed by atoms with E-state index < -0.39 is 6.00 Å². The van der Waals surface area contributed by atoms with Gasteiger partial charge in [-0.1, -0.05) is 86.6 Å². The first-order valence-electron chi connectivity index (χ1n) is 7.69. The molecule has 0 aliphatic heterocycles. The lowest BCUT2D eigenvalue weighted by atomic mass is 10.1. The van der Waals surface area contributed by atoms with Crippen molar-refractivity contribution in [3.8, 4) is 0 Å². The van der Waals surface area contributed by atoms with Gasteiger partial charge in [-0.05, 0) is 12.5 Å². The number of rotatable bonds is 14. The van der Waals surface area contributed by atoms with E-state index in [9.17, 15) is 0 Å². The number of unbranched alkanes of at least 4 members (excludes halogenated alkanes) is 11. The van der Waals surface area contributed by atoms with Crippen LogP contribution in [0.1, 0.15) is 77.0 Å². The van der Waals surface area contributed by atoms with Crippen molar-refractivity contribution in [3.05, 3.63) is 0 Å². The predicted molar refractivity (Wildman–Crippen MR) is 97.3 cm³/mol. The van der Waals surface area contributed by atoms with Crippen LogP contribution in [0, 0.1) is 0 Å². The van der Waals surface area contributed by atoms with E-state index in [0.717, 1.165) is 17.8 Å². The van der Waals surface area contributed by atoms with Crippen LogP contribution in [0.4, 0.5) is 0 Å². The Labute approximate surface area is 143 Å². The molecule has 0 saturated heterocycles. The third-order valence-electron chi connectivity index (χ3n) is 3.34. The molecule has 0 heterocycles. The molecule has 0 saturated carbocycles. The van der Waals surface area contributed by atoms with Crippen LogP contribution in [-0.2, 0) is 0 Å². The van der Waals surface area contributed by atoms with Gasteiger partial charge in [-0.15, -0.1) is 33.2 Å². The molecule has 0 amide bonds.